The van der Waals surface area contributed by atoms with Gasteiger partial charge in [-0.1, -0.05) is 43.7 Å². The Kier molecular flexibility index (Phi) is 7.34. The Bertz CT molecular complexity index is 987. The van der Waals surface area contributed by atoms with E-state index in [4.69, 9.17) is 17.0 Å². The summed E-state index contributed by atoms with van der Waals surface area (Å²) in [6.45, 7) is 6.89. The molecule has 0 aromatic carbocycles. The van der Waals surface area contributed by atoms with Gasteiger partial charge in [0, 0.05) is 32.2 Å². The minimum absolute atomic E-state index is 0.0965. The molecule has 2 aliphatic heterocycles. The second kappa shape index (κ2) is 9.77. The topological polar surface area (TPSA) is 78.6 Å². The van der Waals surface area contributed by atoms with E-state index >= 15 is 0 Å². The molecule has 1 aromatic heterocycles. The number of thiocarbonyl (C=S) groups is 1. The fourth-order valence-corrected chi connectivity index (χ4v) is 5.00. The van der Waals surface area contributed by atoms with E-state index in [2.05, 4.69) is 11.8 Å². The standard InChI is InChI=1S/C21H26N4O3S2/c1-4-5-6-7-25-20(27)17(30-21(25)29)12-15-14(2)16(13-22)19(26)23(3)18(15)24-8-10-28-11-9-24/h12H,4-11H2,1-3H3. The molecule has 2 saturated heterocycles. The average Bonchev–Trinajstić information content (AvgIpc) is 3.01. The smallest absolute Gasteiger partial charge is 0.270 e. The number of nitrogens with zero attached hydrogens (tertiary/aromatic N) is 4. The number of hydrogen-bond acceptors (Lipinski definition) is 7. The number of carbonyl (C=O) groups is 1. The number of hydrogen-bond donors (Lipinski definition) is 0. The number of ether oxygens (including phenoxy) is 1. The summed E-state index contributed by atoms with van der Waals surface area (Å²) in [5, 5.41) is 9.55. The Hall–Kier alpha value is -2.15. The molecule has 7 nitrogen and oxygen atoms in total. The first-order valence-electron chi connectivity index (χ1n) is 10.1. The monoisotopic (exact) mass is 446 g/mol. The molecule has 160 valence electrons. The van der Waals surface area contributed by atoms with Gasteiger partial charge in [0.25, 0.3) is 11.5 Å². The average molecular weight is 447 g/mol. The lowest BCUT2D eigenvalue weighted by Gasteiger charge is -2.32. The number of amides is 1. The molecule has 0 spiro atoms. The Balaban J connectivity index is 2.07. The number of unbranched alkanes of at least 4 members (excludes halogenated alkanes) is 2. The number of pyridine rings is 1. The third kappa shape index (κ3) is 4.31. The molecule has 9 heteroatoms. The van der Waals surface area contributed by atoms with E-state index in [1.54, 1.807) is 24.9 Å². The van der Waals surface area contributed by atoms with Crippen LogP contribution in [-0.4, -0.2) is 52.5 Å². The second-order valence-electron chi connectivity index (χ2n) is 7.35. The Morgan fingerprint density at radius 3 is 2.60 bits per heavy atom. The number of thioether (sulfide) groups is 1. The van der Waals surface area contributed by atoms with Gasteiger partial charge < -0.3 is 9.64 Å². The number of aromatic nitrogens is 1. The van der Waals surface area contributed by atoms with Gasteiger partial charge in [-0.15, -0.1) is 0 Å². The first-order chi connectivity index (χ1) is 14.4. The molecule has 0 unspecified atom stereocenters. The van der Waals surface area contributed by atoms with Crippen molar-refractivity contribution in [2.45, 2.75) is 33.1 Å². The summed E-state index contributed by atoms with van der Waals surface area (Å²) < 4.78 is 7.51. The van der Waals surface area contributed by atoms with Crippen molar-refractivity contribution in [3.63, 3.8) is 0 Å². The maximum absolute atomic E-state index is 13.0. The number of anilines is 1. The lowest BCUT2D eigenvalue weighted by atomic mass is 10.0. The minimum Gasteiger partial charge on any atom is -0.378 e. The summed E-state index contributed by atoms with van der Waals surface area (Å²) in [5.41, 5.74) is 1.06. The van der Waals surface area contributed by atoms with Crippen LogP contribution in [0.3, 0.4) is 0 Å². The number of carbonyl (C=O) groups excluding carboxylic acids is 1. The van der Waals surface area contributed by atoms with Crippen molar-refractivity contribution in [3.8, 4) is 6.07 Å². The van der Waals surface area contributed by atoms with Crippen molar-refractivity contribution in [1.82, 2.24) is 9.47 Å². The summed E-state index contributed by atoms with van der Waals surface area (Å²) in [6.07, 6.45) is 4.82. The fourth-order valence-electron chi connectivity index (χ4n) is 3.71. The van der Waals surface area contributed by atoms with Crippen LogP contribution in [0.5, 0.6) is 0 Å². The zero-order valence-electron chi connectivity index (χ0n) is 17.6. The fraction of sp³-hybridized carbons (Fsp3) is 0.524. The molecule has 0 atom stereocenters. The molecule has 1 amide bonds. The van der Waals surface area contributed by atoms with Crippen LogP contribution >= 0.6 is 24.0 Å². The van der Waals surface area contributed by atoms with E-state index in [0.717, 1.165) is 19.3 Å². The van der Waals surface area contributed by atoms with Crippen molar-refractivity contribution in [1.29, 1.82) is 5.26 Å². The van der Waals surface area contributed by atoms with Gasteiger partial charge in [-0.25, -0.2) is 0 Å². The zero-order valence-corrected chi connectivity index (χ0v) is 19.2. The van der Waals surface area contributed by atoms with E-state index in [0.29, 0.717) is 59.0 Å². The van der Waals surface area contributed by atoms with Crippen molar-refractivity contribution in [2.24, 2.45) is 7.05 Å². The molecule has 2 aliphatic rings. The van der Waals surface area contributed by atoms with Crippen LogP contribution in [0.25, 0.3) is 6.08 Å². The Morgan fingerprint density at radius 2 is 1.97 bits per heavy atom. The van der Waals surface area contributed by atoms with Crippen LogP contribution in [0.4, 0.5) is 5.82 Å². The molecule has 0 aliphatic carbocycles. The molecule has 3 rings (SSSR count). The van der Waals surface area contributed by atoms with Gasteiger partial charge in [0.1, 0.15) is 21.8 Å². The van der Waals surface area contributed by atoms with Crippen LogP contribution in [-0.2, 0) is 16.6 Å². The Labute approximate surface area is 186 Å². The van der Waals surface area contributed by atoms with Gasteiger partial charge in [-0.05, 0) is 25.0 Å². The van der Waals surface area contributed by atoms with Crippen LogP contribution in [0.15, 0.2) is 9.70 Å². The lowest BCUT2D eigenvalue weighted by molar-refractivity contribution is -0.122. The highest BCUT2D eigenvalue weighted by Gasteiger charge is 2.32. The van der Waals surface area contributed by atoms with Crippen molar-refractivity contribution in [2.75, 3.05) is 37.7 Å². The van der Waals surface area contributed by atoms with Gasteiger partial charge >= 0.3 is 0 Å². The highest BCUT2D eigenvalue weighted by molar-refractivity contribution is 8.26. The van der Waals surface area contributed by atoms with E-state index in [1.807, 2.05) is 6.07 Å². The predicted octanol–water partition coefficient (Wildman–Crippen LogP) is 2.79. The largest absolute Gasteiger partial charge is 0.378 e. The highest BCUT2D eigenvalue weighted by atomic mass is 32.2. The van der Waals surface area contributed by atoms with Gasteiger partial charge in [0.05, 0.1) is 18.1 Å². The first kappa shape index (κ1) is 22.5. The van der Waals surface area contributed by atoms with Crippen LogP contribution < -0.4 is 10.5 Å². The van der Waals surface area contributed by atoms with Gasteiger partial charge in [0.2, 0.25) is 0 Å². The number of nitriles is 1. The highest BCUT2D eigenvalue weighted by Crippen LogP contribution is 2.36. The van der Waals surface area contributed by atoms with Crippen molar-refractivity contribution in [3.05, 3.63) is 31.9 Å². The number of morpholine rings is 1. The van der Waals surface area contributed by atoms with E-state index in [9.17, 15) is 14.9 Å². The summed E-state index contributed by atoms with van der Waals surface area (Å²) in [4.78, 5) is 30.0. The lowest BCUT2D eigenvalue weighted by Crippen LogP contribution is -2.40. The van der Waals surface area contributed by atoms with Crippen LogP contribution in [0.1, 0.15) is 42.9 Å². The molecule has 0 saturated carbocycles. The van der Waals surface area contributed by atoms with Crippen LogP contribution in [0.2, 0.25) is 0 Å². The van der Waals surface area contributed by atoms with Crippen LogP contribution in [0, 0.1) is 18.3 Å². The summed E-state index contributed by atoms with van der Waals surface area (Å²) in [7, 11) is 1.67. The molecular weight excluding hydrogens is 420 g/mol. The molecule has 3 heterocycles. The summed E-state index contributed by atoms with van der Waals surface area (Å²) in [5.74, 6) is 0.594. The third-order valence-corrected chi connectivity index (χ3v) is 6.79. The molecule has 0 radical (unpaired) electrons. The molecular formula is C21H26N4O3S2. The maximum Gasteiger partial charge on any atom is 0.270 e. The van der Waals surface area contributed by atoms with Crippen molar-refractivity contribution >= 4 is 46.1 Å². The molecule has 0 N–H and O–H groups in total. The number of rotatable bonds is 6. The van der Waals surface area contributed by atoms with E-state index in [1.165, 1.54) is 16.3 Å². The quantitative estimate of drug-likeness (QED) is 0.378. The van der Waals surface area contributed by atoms with E-state index in [-0.39, 0.29) is 17.0 Å². The first-order valence-corrected chi connectivity index (χ1v) is 11.3. The van der Waals surface area contributed by atoms with Crippen molar-refractivity contribution < 1.29 is 9.53 Å². The van der Waals surface area contributed by atoms with Gasteiger partial charge in [-0.2, -0.15) is 5.26 Å². The summed E-state index contributed by atoms with van der Waals surface area (Å²) in [6, 6.07) is 2.03. The van der Waals surface area contributed by atoms with Gasteiger partial charge in [-0.3, -0.25) is 19.1 Å². The van der Waals surface area contributed by atoms with Gasteiger partial charge in [0.15, 0.2) is 0 Å². The maximum atomic E-state index is 13.0. The summed E-state index contributed by atoms with van der Waals surface area (Å²) >= 11 is 6.72. The minimum atomic E-state index is -0.333. The second-order valence-corrected chi connectivity index (χ2v) is 9.03. The molecule has 0 bridgehead atoms. The molecule has 2 fully saturated rings. The zero-order chi connectivity index (χ0) is 21.8. The normalized spacial score (nSPS) is 18.4. The molecule has 1 aromatic rings. The molecule has 30 heavy (non-hydrogen) atoms. The van der Waals surface area contributed by atoms with E-state index < -0.39 is 0 Å². The Morgan fingerprint density at radius 1 is 1.27 bits per heavy atom. The third-order valence-electron chi connectivity index (χ3n) is 5.41. The SMILES string of the molecule is CCCCCN1C(=O)C(=Cc2c(C)c(C#N)c(=O)n(C)c2N2CCOCC2)SC1=S. The predicted molar refractivity (Wildman–Crippen MR) is 124 cm³/mol.